The van der Waals surface area contributed by atoms with Gasteiger partial charge in [-0.1, -0.05) is 12.1 Å². The first kappa shape index (κ1) is 22.3. The van der Waals surface area contributed by atoms with E-state index in [2.05, 4.69) is 5.32 Å². The van der Waals surface area contributed by atoms with Gasteiger partial charge in [0.2, 0.25) is 21.8 Å². The maximum absolute atomic E-state index is 13.1. The number of ether oxygens (including phenoxy) is 1. The molecule has 0 unspecified atom stereocenters. The lowest BCUT2D eigenvalue weighted by atomic mass is 10.1. The van der Waals surface area contributed by atoms with Gasteiger partial charge in [0.1, 0.15) is 11.8 Å². The third-order valence-corrected chi connectivity index (χ3v) is 7.88. The topological polar surface area (TPSA) is 96.0 Å². The fourth-order valence-corrected chi connectivity index (χ4v) is 5.85. The Bertz CT molecular complexity index is 1080. The van der Waals surface area contributed by atoms with Gasteiger partial charge in [-0.15, -0.1) is 0 Å². The normalized spacial score (nSPS) is 19.3. The van der Waals surface area contributed by atoms with Crippen LogP contribution in [0.5, 0.6) is 5.75 Å². The second-order valence-electron chi connectivity index (χ2n) is 7.98. The van der Waals surface area contributed by atoms with Crippen molar-refractivity contribution in [1.29, 1.82) is 0 Å². The number of nitrogens with one attached hydrogen (secondary N) is 1. The number of nitrogens with zero attached hydrogens (tertiary/aromatic N) is 2. The molecule has 2 heterocycles. The molecular formula is C23H27N3O5S. The van der Waals surface area contributed by atoms with Gasteiger partial charge in [-0.05, 0) is 61.2 Å². The van der Waals surface area contributed by atoms with Gasteiger partial charge in [0.15, 0.2) is 0 Å². The van der Waals surface area contributed by atoms with Crippen LogP contribution < -0.4 is 15.0 Å². The van der Waals surface area contributed by atoms with Crippen LogP contribution in [0.2, 0.25) is 0 Å². The fraction of sp³-hybridized carbons (Fsp3) is 0.391. The number of amides is 2. The minimum atomic E-state index is -3.78. The van der Waals surface area contributed by atoms with Gasteiger partial charge in [-0.25, -0.2) is 8.42 Å². The molecule has 1 N–H and O–H groups in total. The Balaban J connectivity index is 1.39. The van der Waals surface area contributed by atoms with Gasteiger partial charge >= 0.3 is 0 Å². The molecule has 9 heteroatoms. The van der Waals surface area contributed by atoms with E-state index in [9.17, 15) is 18.0 Å². The number of rotatable bonds is 7. The van der Waals surface area contributed by atoms with Crippen molar-refractivity contribution in [3.63, 3.8) is 0 Å². The number of benzene rings is 2. The third-order valence-electron chi connectivity index (χ3n) is 5.96. The molecule has 2 saturated heterocycles. The zero-order valence-corrected chi connectivity index (χ0v) is 18.8. The summed E-state index contributed by atoms with van der Waals surface area (Å²) in [6.45, 7) is 1.33. The Morgan fingerprint density at radius 2 is 1.78 bits per heavy atom. The molecule has 170 valence electrons. The molecule has 1 atom stereocenters. The van der Waals surface area contributed by atoms with Crippen molar-refractivity contribution in [3.8, 4) is 5.75 Å². The molecule has 4 rings (SSSR count). The standard InChI is InChI=1S/C23H27N3O5S/c1-31-19-10-12-20(13-11-19)32(29,30)26-15-2-4-21(26)23(28)24-16-17-6-8-18(9-7-17)25-14-3-5-22(25)27/h6-13,21H,2-5,14-16H2,1H3,(H,24,28)/t21-/m1/s1. The second-order valence-corrected chi connectivity index (χ2v) is 9.87. The monoisotopic (exact) mass is 457 g/mol. The molecule has 0 bridgehead atoms. The van der Waals surface area contributed by atoms with E-state index in [1.165, 1.54) is 23.5 Å². The molecule has 0 aliphatic carbocycles. The predicted molar refractivity (Wildman–Crippen MR) is 120 cm³/mol. The van der Waals surface area contributed by atoms with Crippen molar-refractivity contribution in [1.82, 2.24) is 9.62 Å². The second kappa shape index (κ2) is 9.30. The van der Waals surface area contributed by atoms with Gasteiger partial charge < -0.3 is 15.0 Å². The van der Waals surface area contributed by atoms with Crippen LogP contribution in [0.3, 0.4) is 0 Å². The molecule has 2 amide bonds. The molecule has 2 aliphatic rings. The summed E-state index contributed by atoms with van der Waals surface area (Å²) in [5, 5.41) is 2.86. The molecule has 2 aliphatic heterocycles. The number of hydrogen-bond acceptors (Lipinski definition) is 5. The molecule has 32 heavy (non-hydrogen) atoms. The smallest absolute Gasteiger partial charge is 0.243 e. The maximum Gasteiger partial charge on any atom is 0.243 e. The van der Waals surface area contributed by atoms with E-state index >= 15 is 0 Å². The summed E-state index contributed by atoms with van der Waals surface area (Å²) in [4.78, 5) is 26.6. The molecule has 2 aromatic carbocycles. The Labute approximate surface area is 188 Å². The van der Waals surface area contributed by atoms with Gasteiger partial charge in [0.25, 0.3) is 0 Å². The minimum absolute atomic E-state index is 0.130. The number of methoxy groups -OCH3 is 1. The van der Waals surface area contributed by atoms with Gasteiger partial charge in [-0.2, -0.15) is 4.31 Å². The summed E-state index contributed by atoms with van der Waals surface area (Å²) in [6, 6.07) is 12.9. The summed E-state index contributed by atoms with van der Waals surface area (Å²) >= 11 is 0. The molecule has 8 nitrogen and oxygen atoms in total. The summed E-state index contributed by atoms with van der Waals surface area (Å²) in [5.74, 6) is 0.392. The Morgan fingerprint density at radius 1 is 1.06 bits per heavy atom. The Hall–Kier alpha value is -2.91. The lowest BCUT2D eigenvalue weighted by molar-refractivity contribution is -0.124. The number of hydrogen-bond donors (Lipinski definition) is 1. The molecule has 0 radical (unpaired) electrons. The Kier molecular flexibility index (Phi) is 6.48. The van der Waals surface area contributed by atoms with Crippen molar-refractivity contribution in [2.24, 2.45) is 0 Å². The van der Waals surface area contributed by atoms with Crippen LogP contribution in [-0.4, -0.2) is 50.8 Å². The molecule has 2 fully saturated rings. The maximum atomic E-state index is 13.1. The van der Waals surface area contributed by atoms with E-state index in [0.29, 0.717) is 38.1 Å². The van der Waals surface area contributed by atoms with Crippen LogP contribution in [0.1, 0.15) is 31.2 Å². The SMILES string of the molecule is COc1ccc(S(=O)(=O)N2CCC[C@@H]2C(=O)NCc2ccc(N3CCCC3=O)cc2)cc1. The molecule has 2 aromatic rings. The van der Waals surface area contributed by atoms with Crippen molar-refractivity contribution >= 4 is 27.5 Å². The van der Waals surface area contributed by atoms with E-state index in [4.69, 9.17) is 4.74 Å². The first-order valence-electron chi connectivity index (χ1n) is 10.7. The van der Waals surface area contributed by atoms with Crippen LogP contribution in [-0.2, 0) is 26.2 Å². The summed E-state index contributed by atoms with van der Waals surface area (Å²) in [6.07, 6.45) is 2.56. The van der Waals surface area contributed by atoms with E-state index < -0.39 is 16.1 Å². The molecular weight excluding hydrogens is 430 g/mol. The van der Waals surface area contributed by atoms with E-state index in [1.54, 1.807) is 17.0 Å². The zero-order chi connectivity index (χ0) is 22.7. The van der Waals surface area contributed by atoms with Crippen LogP contribution >= 0.6 is 0 Å². The summed E-state index contributed by atoms with van der Waals surface area (Å²) in [5.41, 5.74) is 1.74. The van der Waals surface area contributed by atoms with Crippen LogP contribution in [0.4, 0.5) is 5.69 Å². The highest BCUT2D eigenvalue weighted by Gasteiger charge is 2.39. The average molecular weight is 458 g/mol. The van der Waals surface area contributed by atoms with Crippen LogP contribution in [0.25, 0.3) is 0 Å². The third kappa shape index (κ3) is 4.49. The van der Waals surface area contributed by atoms with Crippen molar-refractivity contribution in [2.45, 2.75) is 43.2 Å². The molecule has 0 saturated carbocycles. The van der Waals surface area contributed by atoms with Crippen molar-refractivity contribution < 1.29 is 22.7 Å². The first-order chi connectivity index (χ1) is 15.4. The molecule has 0 aromatic heterocycles. The van der Waals surface area contributed by atoms with Crippen molar-refractivity contribution in [3.05, 3.63) is 54.1 Å². The fourth-order valence-electron chi connectivity index (χ4n) is 4.19. The predicted octanol–water partition coefficient (Wildman–Crippen LogP) is 2.29. The molecule has 0 spiro atoms. The minimum Gasteiger partial charge on any atom is -0.497 e. The highest BCUT2D eigenvalue weighted by Crippen LogP contribution is 2.27. The highest BCUT2D eigenvalue weighted by atomic mass is 32.2. The van der Waals surface area contributed by atoms with Crippen LogP contribution in [0.15, 0.2) is 53.4 Å². The lowest BCUT2D eigenvalue weighted by Crippen LogP contribution is -2.45. The number of carbonyl (C=O) groups is 2. The van der Waals surface area contributed by atoms with E-state index in [-0.39, 0.29) is 16.7 Å². The highest BCUT2D eigenvalue weighted by molar-refractivity contribution is 7.89. The van der Waals surface area contributed by atoms with Crippen LogP contribution in [0, 0.1) is 0 Å². The average Bonchev–Trinajstić information content (AvgIpc) is 3.47. The van der Waals surface area contributed by atoms with Gasteiger partial charge in [-0.3, -0.25) is 9.59 Å². The summed E-state index contributed by atoms with van der Waals surface area (Å²) in [7, 11) is -2.26. The number of carbonyl (C=O) groups excluding carboxylic acids is 2. The zero-order valence-electron chi connectivity index (χ0n) is 18.0. The van der Waals surface area contributed by atoms with Gasteiger partial charge in [0.05, 0.1) is 12.0 Å². The lowest BCUT2D eigenvalue weighted by Gasteiger charge is -2.23. The summed E-state index contributed by atoms with van der Waals surface area (Å²) < 4.78 is 32.5. The van der Waals surface area contributed by atoms with E-state index in [1.807, 2.05) is 24.3 Å². The number of sulfonamides is 1. The number of anilines is 1. The van der Waals surface area contributed by atoms with Crippen molar-refractivity contribution in [2.75, 3.05) is 25.1 Å². The Morgan fingerprint density at radius 3 is 2.41 bits per heavy atom. The van der Waals surface area contributed by atoms with E-state index in [0.717, 1.165) is 24.2 Å². The van der Waals surface area contributed by atoms with Gasteiger partial charge in [0, 0.05) is 31.7 Å². The largest absolute Gasteiger partial charge is 0.497 e. The first-order valence-corrected chi connectivity index (χ1v) is 12.2. The quantitative estimate of drug-likeness (QED) is 0.688.